The monoisotopic (exact) mass is 706 g/mol. The normalized spacial score (nSPS) is 19.2. The number of aromatic nitrogens is 4. The van der Waals surface area contributed by atoms with Gasteiger partial charge in [0.15, 0.2) is 17.6 Å². The number of carbonyl (C=O) groups is 2. The molecule has 270 valence electrons. The van der Waals surface area contributed by atoms with E-state index in [4.69, 9.17) is 14.2 Å². The van der Waals surface area contributed by atoms with Crippen molar-refractivity contribution in [2.75, 3.05) is 31.1 Å². The average Bonchev–Trinajstić information content (AvgIpc) is 3.04. The van der Waals surface area contributed by atoms with Gasteiger partial charge in [0.2, 0.25) is 0 Å². The third-order valence-corrected chi connectivity index (χ3v) is 8.68. The van der Waals surface area contributed by atoms with Gasteiger partial charge in [0, 0.05) is 44.4 Å². The van der Waals surface area contributed by atoms with E-state index in [1.54, 1.807) is 30.6 Å². The van der Waals surface area contributed by atoms with Crippen LogP contribution in [-0.2, 0) is 14.3 Å². The predicted octanol–water partition coefficient (Wildman–Crippen LogP) is 5.05. The molecule has 2 aliphatic heterocycles. The Morgan fingerprint density at radius 1 is 1.10 bits per heavy atom. The first-order chi connectivity index (χ1) is 24.1. The van der Waals surface area contributed by atoms with Gasteiger partial charge >= 0.3 is 17.8 Å². The fourth-order valence-corrected chi connectivity index (χ4v) is 6.49. The number of aliphatic hydroxyl groups excluding tert-OH is 1. The Labute approximate surface area is 292 Å². The van der Waals surface area contributed by atoms with Crippen molar-refractivity contribution in [1.82, 2.24) is 24.4 Å². The average molecular weight is 707 g/mol. The molecule has 0 spiro atoms. The molecule has 51 heavy (non-hydrogen) atoms. The topological polar surface area (TPSA) is 149 Å². The highest BCUT2D eigenvalue weighted by Gasteiger charge is 2.36. The van der Waals surface area contributed by atoms with E-state index in [1.165, 1.54) is 31.3 Å². The van der Waals surface area contributed by atoms with Crippen molar-refractivity contribution in [3.05, 3.63) is 69.9 Å². The second-order valence-electron chi connectivity index (χ2n) is 14.0. The lowest BCUT2D eigenvalue weighted by Gasteiger charge is -2.41. The highest BCUT2D eigenvalue weighted by atomic mass is 19.1. The number of hydrogen-bond donors (Lipinski definition) is 1. The van der Waals surface area contributed by atoms with Crippen molar-refractivity contribution < 1.29 is 37.7 Å². The van der Waals surface area contributed by atoms with Gasteiger partial charge in [-0.2, -0.15) is 4.98 Å². The number of halogens is 2. The summed E-state index contributed by atoms with van der Waals surface area (Å²) in [5, 5.41) is 11.6. The van der Waals surface area contributed by atoms with Gasteiger partial charge in [0.25, 0.3) is 0 Å². The molecule has 1 amide bonds. The Hall–Kier alpha value is -5.18. The van der Waals surface area contributed by atoms with Crippen LogP contribution in [0.2, 0.25) is 0 Å². The zero-order valence-electron chi connectivity index (χ0n) is 29.4. The van der Waals surface area contributed by atoms with Crippen LogP contribution < -0.4 is 15.3 Å². The molecular formula is C36H40F2N6O7. The van der Waals surface area contributed by atoms with Gasteiger partial charge in [-0.1, -0.05) is 19.9 Å². The van der Waals surface area contributed by atoms with Gasteiger partial charge in [0.05, 0.1) is 22.3 Å². The molecule has 2 unspecified atom stereocenters. The third kappa shape index (κ3) is 6.81. The summed E-state index contributed by atoms with van der Waals surface area (Å²) in [5.41, 5.74) is -1.71. The lowest BCUT2D eigenvalue weighted by molar-refractivity contribution is -0.154. The van der Waals surface area contributed by atoms with Crippen LogP contribution in [0.25, 0.3) is 28.0 Å². The van der Waals surface area contributed by atoms with E-state index >= 15 is 8.78 Å². The van der Waals surface area contributed by atoms with Crippen LogP contribution in [0, 0.1) is 11.6 Å². The van der Waals surface area contributed by atoms with E-state index < -0.39 is 65.5 Å². The molecule has 2 bridgehead atoms. The van der Waals surface area contributed by atoms with E-state index in [-0.39, 0.29) is 65.0 Å². The zero-order valence-corrected chi connectivity index (χ0v) is 29.4. The van der Waals surface area contributed by atoms with E-state index in [2.05, 4.69) is 15.0 Å². The predicted molar refractivity (Wildman–Crippen MR) is 183 cm³/mol. The Morgan fingerprint density at radius 3 is 2.51 bits per heavy atom. The summed E-state index contributed by atoms with van der Waals surface area (Å²) in [6, 6.07) is 6.13. The molecule has 5 heterocycles. The highest BCUT2D eigenvalue weighted by Crippen LogP contribution is 2.40. The molecule has 1 fully saturated rings. The second-order valence-corrected chi connectivity index (χ2v) is 14.0. The number of rotatable bonds is 3. The van der Waals surface area contributed by atoms with Crippen LogP contribution in [0.1, 0.15) is 71.7 Å². The number of amides is 1. The summed E-state index contributed by atoms with van der Waals surface area (Å²) in [7, 11) is 0. The largest absolute Gasteiger partial charge is 0.490 e. The molecule has 0 saturated carbocycles. The number of carbonyl (C=O) groups excluding carboxylic acids is 2. The first-order valence-corrected chi connectivity index (χ1v) is 16.7. The minimum atomic E-state index is -1.53. The summed E-state index contributed by atoms with van der Waals surface area (Å²) in [6.07, 6.45) is -1.92. The molecule has 15 heteroatoms. The van der Waals surface area contributed by atoms with E-state index in [1.807, 2.05) is 20.8 Å². The number of piperazine rings is 1. The summed E-state index contributed by atoms with van der Waals surface area (Å²) >= 11 is 0. The fourth-order valence-electron chi connectivity index (χ4n) is 6.49. The maximum absolute atomic E-state index is 16.4. The quantitative estimate of drug-likeness (QED) is 0.286. The number of anilines is 1. The molecule has 6 rings (SSSR count). The number of hydrogen-bond acceptors (Lipinski definition) is 11. The van der Waals surface area contributed by atoms with Gasteiger partial charge in [-0.15, -0.1) is 0 Å². The molecule has 1 aromatic carbocycles. The fraction of sp³-hybridized carbons (Fsp3) is 0.444. The Bertz CT molecular complexity index is 2080. The second kappa shape index (κ2) is 13.5. The van der Waals surface area contributed by atoms with Gasteiger partial charge in [-0.05, 0) is 57.9 Å². The van der Waals surface area contributed by atoms with Crippen molar-refractivity contribution in [1.29, 1.82) is 0 Å². The van der Waals surface area contributed by atoms with Crippen molar-refractivity contribution in [2.45, 2.75) is 78.2 Å². The van der Waals surface area contributed by atoms with Crippen molar-refractivity contribution in [3.8, 4) is 22.7 Å². The van der Waals surface area contributed by atoms with Crippen LogP contribution in [0.5, 0.6) is 5.75 Å². The smallest absolute Gasteiger partial charge is 0.410 e. The zero-order chi connectivity index (χ0) is 36.9. The molecule has 0 aliphatic carbocycles. The standard InChI is InChI=1S/C36H40F2N6O7/c1-18(2)28-30-21(11-12-39-28)31(50-20(4)45)25(46)17-49-26-10-8-9-23(37)27(26)29-24(38)15-22-32(41-34(47)44(30)33(22)40-29)43-14-13-42(16-19(43)3)35(48)51-36(5,6)7/h8-12,15,18-19,25,31,46H,13-14,16-17H2,1-7H3/t19-,25?,31?/m0/s1. The summed E-state index contributed by atoms with van der Waals surface area (Å²) in [4.78, 5) is 56.8. The summed E-state index contributed by atoms with van der Waals surface area (Å²) in [5.74, 6) is -2.85. The Kier molecular flexibility index (Phi) is 9.44. The number of benzene rings is 1. The van der Waals surface area contributed by atoms with Crippen LogP contribution >= 0.6 is 0 Å². The number of fused-ring (bicyclic) bond motifs is 5. The van der Waals surface area contributed by atoms with E-state index in [0.29, 0.717) is 5.69 Å². The van der Waals surface area contributed by atoms with Crippen LogP contribution in [0.4, 0.5) is 19.4 Å². The van der Waals surface area contributed by atoms with Gasteiger partial charge < -0.3 is 29.1 Å². The molecule has 2 aliphatic rings. The Morgan fingerprint density at radius 2 is 1.84 bits per heavy atom. The van der Waals surface area contributed by atoms with Crippen LogP contribution in [-0.4, -0.2) is 85.6 Å². The van der Waals surface area contributed by atoms with E-state index in [9.17, 15) is 19.5 Å². The van der Waals surface area contributed by atoms with Crippen molar-refractivity contribution >= 4 is 28.9 Å². The molecule has 3 aromatic heterocycles. The molecule has 1 N–H and O–H groups in total. The van der Waals surface area contributed by atoms with Gasteiger partial charge in [-0.25, -0.2) is 27.9 Å². The van der Waals surface area contributed by atoms with Crippen molar-refractivity contribution in [2.24, 2.45) is 0 Å². The lowest BCUT2D eigenvalue weighted by Crippen LogP contribution is -2.55. The maximum Gasteiger partial charge on any atom is 0.410 e. The highest BCUT2D eigenvalue weighted by molar-refractivity contribution is 5.91. The molecule has 0 radical (unpaired) electrons. The molecule has 1 saturated heterocycles. The minimum absolute atomic E-state index is 0.0924. The summed E-state index contributed by atoms with van der Waals surface area (Å²) < 4.78 is 50.2. The lowest BCUT2D eigenvalue weighted by atomic mass is 9.97. The number of esters is 1. The van der Waals surface area contributed by atoms with Crippen LogP contribution in [0.3, 0.4) is 0 Å². The number of pyridine rings is 2. The SMILES string of the molecule is CC(=O)OC1c2ccnc(C(C)C)c2-n2c(=O)nc(N3CCN(C(=O)OC(C)(C)C)C[C@@H]3C)c3cc(F)c(nc32)-c2c(F)cccc2OCC1O. The third-order valence-electron chi connectivity index (χ3n) is 8.68. The summed E-state index contributed by atoms with van der Waals surface area (Å²) in [6.45, 7) is 12.2. The number of aliphatic hydroxyl groups is 1. The first-order valence-electron chi connectivity index (χ1n) is 16.7. The molecule has 3 atom stereocenters. The molecule has 13 nitrogen and oxygen atoms in total. The first kappa shape index (κ1) is 35.6. The Balaban J connectivity index is 1.65. The number of ether oxygens (including phenoxy) is 3. The van der Waals surface area contributed by atoms with Gasteiger partial charge in [0.1, 0.15) is 41.4 Å². The van der Waals surface area contributed by atoms with Gasteiger partial charge in [-0.3, -0.25) is 9.78 Å². The number of nitrogens with zero attached hydrogens (tertiary/aromatic N) is 6. The van der Waals surface area contributed by atoms with Crippen molar-refractivity contribution in [3.63, 3.8) is 0 Å². The molecule has 4 aromatic rings. The minimum Gasteiger partial charge on any atom is -0.490 e. The molecular weight excluding hydrogens is 666 g/mol. The maximum atomic E-state index is 16.4. The van der Waals surface area contributed by atoms with E-state index in [0.717, 1.165) is 16.7 Å². The van der Waals surface area contributed by atoms with Crippen LogP contribution in [0.15, 0.2) is 41.3 Å².